The van der Waals surface area contributed by atoms with Gasteiger partial charge in [0.2, 0.25) is 5.91 Å². The highest BCUT2D eigenvalue weighted by Gasteiger charge is 2.31. The Morgan fingerprint density at radius 1 is 1.13 bits per heavy atom. The molecule has 2 aromatic carbocycles. The van der Waals surface area contributed by atoms with Gasteiger partial charge in [-0.15, -0.1) is 0 Å². The van der Waals surface area contributed by atoms with Crippen molar-refractivity contribution in [2.24, 2.45) is 5.92 Å². The Morgan fingerprint density at radius 3 is 2.42 bits per heavy atom. The van der Waals surface area contributed by atoms with Gasteiger partial charge in [0.1, 0.15) is 5.75 Å². The van der Waals surface area contributed by atoms with Crippen molar-refractivity contribution in [1.82, 2.24) is 4.90 Å². The lowest BCUT2D eigenvalue weighted by Crippen LogP contribution is -2.46. The van der Waals surface area contributed by atoms with E-state index in [-0.39, 0.29) is 24.3 Å². The van der Waals surface area contributed by atoms with E-state index in [2.05, 4.69) is 11.4 Å². The van der Waals surface area contributed by atoms with Gasteiger partial charge in [-0.05, 0) is 56.2 Å². The molecule has 0 atom stereocenters. The van der Waals surface area contributed by atoms with Crippen LogP contribution in [0, 0.1) is 17.2 Å². The molecule has 3 amide bonds. The third-order valence-electron chi connectivity index (χ3n) is 5.33. The van der Waals surface area contributed by atoms with E-state index in [1.807, 2.05) is 61.5 Å². The van der Waals surface area contributed by atoms with Gasteiger partial charge in [0.25, 0.3) is 0 Å². The number of rotatable bonds is 7. The lowest BCUT2D eigenvalue weighted by molar-refractivity contribution is -0.123. The van der Waals surface area contributed by atoms with Crippen LogP contribution in [0.3, 0.4) is 0 Å². The topological polar surface area (TPSA) is 85.7 Å². The third kappa shape index (κ3) is 5.98. The van der Waals surface area contributed by atoms with Gasteiger partial charge < -0.3 is 19.9 Å². The Bertz CT molecular complexity index is 901. The van der Waals surface area contributed by atoms with Crippen LogP contribution in [0.2, 0.25) is 0 Å². The highest BCUT2D eigenvalue weighted by molar-refractivity contribution is 5.95. The fraction of sp³-hybridized carbons (Fsp3) is 0.375. The zero-order valence-corrected chi connectivity index (χ0v) is 17.8. The predicted molar refractivity (Wildman–Crippen MR) is 120 cm³/mol. The van der Waals surface area contributed by atoms with E-state index in [0.717, 1.165) is 17.1 Å². The van der Waals surface area contributed by atoms with Crippen LogP contribution in [-0.4, -0.2) is 43.1 Å². The van der Waals surface area contributed by atoms with E-state index in [1.165, 1.54) is 0 Å². The number of hydrogen-bond acceptors (Lipinski definition) is 4. The number of benzene rings is 2. The van der Waals surface area contributed by atoms with E-state index in [4.69, 9.17) is 10.00 Å². The molecule has 1 fully saturated rings. The predicted octanol–water partition coefficient (Wildman–Crippen LogP) is 4.28. The van der Waals surface area contributed by atoms with Gasteiger partial charge in [0.15, 0.2) is 0 Å². The number of urea groups is 1. The van der Waals surface area contributed by atoms with Crippen LogP contribution in [0.4, 0.5) is 16.2 Å². The van der Waals surface area contributed by atoms with E-state index in [0.29, 0.717) is 39.1 Å². The Labute approximate surface area is 183 Å². The summed E-state index contributed by atoms with van der Waals surface area (Å²) in [5.41, 5.74) is 1.51. The van der Waals surface area contributed by atoms with Crippen molar-refractivity contribution in [3.8, 4) is 11.8 Å². The minimum atomic E-state index is -0.175. The molecule has 0 unspecified atom stereocenters. The number of hydrogen-bond donors (Lipinski definition) is 1. The molecule has 0 radical (unpaired) electrons. The summed E-state index contributed by atoms with van der Waals surface area (Å²) in [6, 6.07) is 18.7. The van der Waals surface area contributed by atoms with Crippen LogP contribution in [0.5, 0.6) is 5.75 Å². The number of ether oxygens (including phenoxy) is 1. The number of likely N-dealkylation sites (tertiary alicyclic amines) is 1. The molecule has 162 valence electrons. The summed E-state index contributed by atoms with van der Waals surface area (Å²) in [5.74, 6) is 0.574. The van der Waals surface area contributed by atoms with E-state index < -0.39 is 0 Å². The van der Waals surface area contributed by atoms with Crippen LogP contribution in [-0.2, 0) is 4.79 Å². The van der Waals surface area contributed by atoms with Crippen molar-refractivity contribution >= 4 is 23.3 Å². The van der Waals surface area contributed by atoms with Crippen molar-refractivity contribution in [2.45, 2.75) is 26.2 Å². The summed E-state index contributed by atoms with van der Waals surface area (Å²) in [4.78, 5) is 29.2. The van der Waals surface area contributed by atoms with Gasteiger partial charge in [0.05, 0.1) is 19.1 Å². The smallest absolute Gasteiger partial charge is 0.321 e. The number of nitriles is 1. The Balaban J connectivity index is 1.60. The molecule has 1 heterocycles. The van der Waals surface area contributed by atoms with Gasteiger partial charge >= 0.3 is 6.03 Å². The number of nitrogens with one attached hydrogen (secondary N) is 1. The van der Waals surface area contributed by atoms with Gasteiger partial charge in [-0.1, -0.05) is 18.2 Å². The number of anilines is 2. The van der Waals surface area contributed by atoms with Crippen LogP contribution in [0.15, 0.2) is 54.6 Å². The molecular weight excluding hydrogens is 392 g/mol. The first-order valence-electron chi connectivity index (χ1n) is 10.6. The monoisotopic (exact) mass is 420 g/mol. The molecule has 1 saturated heterocycles. The molecule has 1 aliphatic heterocycles. The number of amides is 3. The Hall–Kier alpha value is -3.53. The van der Waals surface area contributed by atoms with E-state index in [9.17, 15) is 9.59 Å². The molecule has 1 aliphatic rings. The van der Waals surface area contributed by atoms with Crippen molar-refractivity contribution in [3.63, 3.8) is 0 Å². The maximum atomic E-state index is 13.2. The van der Waals surface area contributed by atoms with Crippen molar-refractivity contribution in [1.29, 1.82) is 5.26 Å². The van der Waals surface area contributed by atoms with Crippen LogP contribution >= 0.6 is 0 Å². The van der Waals surface area contributed by atoms with Gasteiger partial charge in [-0.2, -0.15) is 5.26 Å². The third-order valence-corrected chi connectivity index (χ3v) is 5.33. The quantitative estimate of drug-likeness (QED) is 0.725. The average Bonchev–Trinajstić information content (AvgIpc) is 2.81. The van der Waals surface area contributed by atoms with Gasteiger partial charge in [-0.25, -0.2) is 4.79 Å². The van der Waals surface area contributed by atoms with E-state index >= 15 is 0 Å². The summed E-state index contributed by atoms with van der Waals surface area (Å²) in [6.07, 6.45) is 1.46. The molecule has 0 saturated carbocycles. The molecular formula is C24H28N4O3. The SMILES string of the molecule is CCOc1ccc(N(CCC#N)C(=O)C2CCN(C(=O)Nc3ccccc3)CC2)cc1. The molecule has 0 spiro atoms. The second-order valence-corrected chi connectivity index (χ2v) is 7.38. The number of carbonyl (C=O) groups excluding carboxylic acids is 2. The highest BCUT2D eigenvalue weighted by atomic mass is 16.5. The molecule has 0 aromatic heterocycles. The number of carbonyl (C=O) groups is 2. The maximum Gasteiger partial charge on any atom is 0.321 e. The zero-order chi connectivity index (χ0) is 22.1. The van der Waals surface area contributed by atoms with Gasteiger partial charge in [-0.3, -0.25) is 4.79 Å². The molecule has 0 bridgehead atoms. The van der Waals surface area contributed by atoms with Crippen LogP contribution in [0.25, 0.3) is 0 Å². The lowest BCUT2D eigenvalue weighted by atomic mass is 9.95. The minimum Gasteiger partial charge on any atom is -0.494 e. The Morgan fingerprint density at radius 2 is 1.81 bits per heavy atom. The van der Waals surface area contributed by atoms with Crippen LogP contribution < -0.4 is 15.0 Å². The first-order valence-corrected chi connectivity index (χ1v) is 10.6. The second kappa shape index (κ2) is 11.0. The maximum absolute atomic E-state index is 13.2. The summed E-state index contributed by atoms with van der Waals surface area (Å²) >= 11 is 0. The summed E-state index contributed by atoms with van der Waals surface area (Å²) in [6.45, 7) is 3.88. The first kappa shape index (κ1) is 22.2. The molecule has 31 heavy (non-hydrogen) atoms. The highest BCUT2D eigenvalue weighted by Crippen LogP contribution is 2.26. The number of para-hydroxylation sites is 1. The molecule has 7 nitrogen and oxygen atoms in total. The largest absolute Gasteiger partial charge is 0.494 e. The standard InChI is InChI=1S/C24H28N4O3/c1-2-31-22-11-9-21(10-12-22)28(16-6-15-25)23(29)19-13-17-27(18-14-19)24(30)26-20-7-4-3-5-8-20/h3-5,7-12,19H,2,6,13-14,16-18H2,1H3,(H,26,30). The van der Waals surface area contributed by atoms with Crippen molar-refractivity contribution in [3.05, 3.63) is 54.6 Å². The molecule has 1 N–H and O–H groups in total. The van der Waals surface area contributed by atoms with Crippen molar-refractivity contribution < 1.29 is 14.3 Å². The average molecular weight is 421 g/mol. The Kier molecular flexibility index (Phi) is 7.88. The molecule has 0 aliphatic carbocycles. The fourth-order valence-electron chi connectivity index (χ4n) is 3.69. The molecule has 7 heteroatoms. The zero-order valence-electron chi connectivity index (χ0n) is 17.8. The number of piperidine rings is 1. The van der Waals surface area contributed by atoms with Gasteiger partial charge in [0, 0.05) is 36.9 Å². The molecule has 2 aromatic rings. The number of nitrogens with zero attached hydrogens (tertiary/aromatic N) is 3. The first-order chi connectivity index (χ1) is 15.1. The second-order valence-electron chi connectivity index (χ2n) is 7.38. The lowest BCUT2D eigenvalue weighted by Gasteiger charge is -2.34. The summed E-state index contributed by atoms with van der Waals surface area (Å²) < 4.78 is 5.48. The van der Waals surface area contributed by atoms with E-state index in [1.54, 1.807) is 9.80 Å². The normalized spacial score (nSPS) is 13.9. The summed E-state index contributed by atoms with van der Waals surface area (Å²) in [5, 5.41) is 11.9. The summed E-state index contributed by atoms with van der Waals surface area (Å²) in [7, 11) is 0. The van der Waals surface area contributed by atoms with Crippen molar-refractivity contribution in [2.75, 3.05) is 36.5 Å². The fourth-order valence-corrected chi connectivity index (χ4v) is 3.69. The minimum absolute atomic E-state index is 0.00234. The van der Waals surface area contributed by atoms with Crippen LogP contribution in [0.1, 0.15) is 26.2 Å². The molecule has 3 rings (SSSR count).